The molecule has 0 aliphatic rings. The van der Waals surface area contributed by atoms with E-state index in [1.54, 1.807) is 0 Å². The van der Waals surface area contributed by atoms with Gasteiger partial charge in [0.15, 0.2) is 0 Å². The number of rotatable bonds is 14. The molecule has 0 saturated carbocycles. The minimum Gasteiger partial charge on any atom is -0.418 e. The second-order valence-electron chi connectivity index (χ2n) is 10.5. The zero-order valence-electron chi connectivity index (χ0n) is 26.3. The maximum Gasteiger partial charge on any atom is 0.673 e. The van der Waals surface area contributed by atoms with Gasteiger partial charge in [-0.3, -0.25) is 5.32 Å². The lowest BCUT2D eigenvalue weighted by Crippen LogP contribution is -2.34. The molecule has 1 unspecified atom stereocenters. The number of benzene rings is 2. The van der Waals surface area contributed by atoms with Gasteiger partial charge in [0.25, 0.3) is 0 Å². The molecule has 1 aromatic heterocycles. The molecule has 3 aromatic rings. The lowest BCUT2D eigenvalue weighted by molar-refractivity contribution is -0.663. The van der Waals surface area contributed by atoms with Crippen LogP contribution in [-0.2, 0) is 0 Å². The van der Waals surface area contributed by atoms with Crippen LogP contribution in [-0.4, -0.2) is 83.1 Å². The molecule has 0 fully saturated rings. The normalized spacial score (nSPS) is 12.5. The van der Waals surface area contributed by atoms with Gasteiger partial charge in [0.2, 0.25) is 0 Å². The quantitative estimate of drug-likeness (QED) is 0.108. The zero-order chi connectivity index (χ0) is 32.0. The largest absolute Gasteiger partial charge is 0.673 e. The molecule has 3 rings (SSSR count). The smallest absolute Gasteiger partial charge is 0.418 e. The highest BCUT2D eigenvalue weighted by Crippen LogP contribution is 2.13. The minimum atomic E-state index is -6.00. The standard InChI is InChI=1S/C30H44N8.BF4/c1-8-36(9-2)20-10-11-25(3)33-30-37(31-23-26-12-16-28(17-13-26)34(4)5)21-22-38(30)32-24-27-14-18-29(19-15-27)35(6)7;2-1(3,4)5/h12-19,21-25H,8-11,20H2,1-7H3;/q;-1/p+1. The van der Waals surface area contributed by atoms with Crippen molar-refractivity contribution in [2.75, 3.05) is 62.9 Å². The van der Waals surface area contributed by atoms with Gasteiger partial charge >= 0.3 is 13.2 Å². The van der Waals surface area contributed by atoms with E-state index < -0.39 is 7.25 Å². The Hall–Kier alpha value is -3.87. The van der Waals surface area contributed by atoms with Crippen LogP contribution in [0.15, 0.2) is 71.1 Å². The van der Waals surface area contributed by atoms with Crippen LogP contribution in [0.3, 0.4) is 0 Å². The van der Waals surface area contributed by atoms with Gasteiger partial charge in [-0.05, 0) is 74.8 Å². The molecule has 43 heavy (non-hydrogen) atoms. The summed E-state index contributed by atoms with van der Waals surface area (Å²) in [6.07, 6.45) is 9.82. The van der Waals surface area contributed by atoms with Crippen LogP contribution >= 0.6 is 0 Å². The van der Waals surface area contributed by atoms with E-state index in [2.05, 4.69) is 89.3 Å². The number of aromatic nitrogens is 2. The van der Waals surface area contributed by atoms with Gasteiger partial charge in [0.1, 0.15) is 12.4 Å². The Morgan fingerprint density at radius 1 is 0.860 bits per heavy atom. The van der Waals surface area contributed by atoms with E-state index in [4.69, 9.17) is 10.2 Å². The van der Waals surface area contributed by atoms with Crippen molar-refractivity contribution in [3.8, 4) is 0 Å². The summed E-state index contributed by atoms with van der Waals surface area (Å²) in [5.74, 6) is 0.822. The second kappa shape index (κ2) is 17.3. The lowest BCUT2D eigenvalue weighted by Gasteiger charge is -2.18. The molecule has 13 heteroatoms. The van der Waals surface area contributed by atoms with Crippen molar-refractivity contribution in [3.05, 3.63) is 72.1 Å². The van der Waals surface area contributed by atoms with Crippen LogP contribution in [0.1, 0.15) is 44.7 Å². The fourth-order valence-corrected chi connectivity index (χ4v) is 4.12. The molecule has 0 spiro atoms. The lowest BCUT2D eigenvalue weighted by atomic mass is 10.2. The summed E-state index contributed by atoms with van der Waals surface area (Å²) in [5.41, 5.74) is 4.40. The topological polar surface area (TPSA) is 55.3 Å². The van der Waals surface area contributed by atoms with Crippen LogP contribution in [0, 0.1) is 0 Å². The molecule has 0 aliphatic carbocycles. The summed E-state index contributed by atoms with van der Waals surface area (Å²) in [7, 11) is 2.17. The number of anilines is 3. The highest BCUT2D eigenvalue weighted by atomic mass is 19.5. The number of nitrogens with one attached hydrogen (secondary N) is 1. The van der Waals surface area contributed by atoms with Crippen molar-refractivity contribution in [2.45, 2.75) is 39.7 Å². The number of nitrogens with zero attached hydrogens (tertiary/aromatic N) is 7. The molecule has 236 valence electrons. The Kier molecular flexibility index (Phi) is 14.2. The van der Waals surface area contributed by atoms with Gasteiger partial charge in [-0.25, -0.2) is 0 Å². The molecular formula is C30H45BF4N8. The van der Waals surface area contributed by atoms with Crippen LogP contribution < -0.4 is 19.8 Å². The Labute approximate surface area is 253 Å². The summed E-state index contributed by atoms with van der Waals surface area (Å²) < 4.78 is 42.7. The van der Waals surface area contributed by atoms with E-state index in [0.717, 1.165) is 60.9 Å². The molecule has 8 nitrogen and oxygen atoms in total. The monoisotopic (exact) mass is 604 g/mol. The molecule has 0 radical (unpaired) electrons. The summed E-state index contributed by atoms with van der Waals surface area (Å²) >= 11 is 0. The van der Waals surface area contributed by atoms with Crippen molar-refractivity contribution < 1.29 is 21.9 Å². The van der Waals surface area contributed by atoms with E-state index in [1.165, 1.54) is 0 Å². The molecule has 1 heterocycles. The van der Waals surface area contributed by atoms with Gasteiger partial charge in [-0.2, -0.15) is 0 Å². The molecule has 1 atom stereocenters. The van der Waals surface area contributed by atoms with Crippen LogP contribution in [0.4, 0.5) is 34.6 Å². The first-order valence-electron chi connectivity index (χ1n) is 14.4. The summed E-state index contributed by atoms with van der Waals surface area (Å²) in [6, 6.07) is 17.0. The maximum absolute atomic E-state index is 9.75. The van der Waals surface area contributed by atoms with E-state index in [0.29, 0.717) is 0 Å². The van der Waals surface area contributed by atoms with Gasteiger partial charge in [-0.15, -0.1) is 19.6 Å². The van der Waals surface area contributed by atoms with E-state index in [1.807, 2.05) is 62.4 Å². The fourth-order valence-electron chi connectivity index (χ4n) is 4.12. The van der Waals surface area contributed by atoms with Gasteiger partial charge in [0, 0.05) is 39.6 Å². The van der Waals surface area contributed by atoms with Crippen molar-refractivity contribution in [1.82, 2.24) is 9.58 Å². The van der Waals surface area contributed by atoms with Crippen molar-refractivity contribution in [3.63, 3.8) is 0 Å². The van der Waals surface area contributed by atoms with Crippen LogP contribution in [0.5, 0.6) is 0 Å². The number of halogens is 4. The van der Waals surface area contributed by atoms with Gasteiger partial charge < -0.3 is 32.0 Å². The fraction of sp³-hybridized carbons (Fsp3) is 0.433. The molecule has 0 bridgehead atoms. The van der Waals surface area contributed by atoms with E-state index >= 15 is 0 Å². The van der Waals surface area contributed by atoms with Crippen molar-refractivity contribution in [1.29, 1.82) is 0 Å². The van der Waals surface area contributed by atoms with E-state index in [9.17, 15) is 17.3 Å². The summed E-state index contributed by atoms with van der Waals surface area (Å²) in [5, 5.41) is 13.2. The van der Waals surface area contributed by atoms with E-state index in [-0.39, 0.29) is 6.04 Å². The molecule has 2 aromatic carbocycles. The predicted octanol–water partition coefficient (Wildman–Crippen LogP) is 5.89. The second-order valence-corrected chi connectivity index (χ2v) is 10.5. The highest BCUT2D eigenvalue weighted by Gasteiger charge is 2.21. The molecular weight excluding hydrogens is 559 g/mol. The Bertz CT molecular complexity index is 1180. The maximum atomic E-state index is 9.75. The molecule has 1 N–H and O–H groups in total. The third kappa shape index (κ3) is 13.3. The SMILES string of the molecule is CCN(CC)CCCC(C)Nc1n(N=Cc2ccc(N(C)C)cc2)cc[n+]1N=Cc1ccc(N(C)C)cc1.F[B-](F)(F)F. The Balaban J connectivity index is 0.00000119. The Morgan fingerprint density at radius 3 is 1.81 bits per heavy atom. The van der Waals surface area contributed by atoms with Crippen molar-refractivity contribution in [2.24, 2.45) is 10.2 Å². The highest BCUT2D eigenvalue weighted by molar-refractivity contribution is 6.50. The number of hydrogen-bond donors (Lipinski definition) is 1. The average molecular weight is 605 g/mol. The number of hydrogen-bond acceptors (Lipinski definition) is 6. The summed E-state index contributed by atoms with van der Waals surface area (Å²) in [6.45, 7) is 9.96. The first-order chi connectivity index (χ1) is 20.3. The van der Waals surface area contributed by atoms with Gasteiger partial charge in [-0.1, -0.05) is 38.1 Å². The first kappa shape index (κ1) is 35.3. The third-order valence-corrected chi connectivity index (χ3v) is 6.65. The average Bonchev–Trinajstić information content (AvgIpc) is 3.33. The molecule has 0 amide bonds. The van der Waals surface area contributed by atoms with Crippen LogP contribution in [0.25, 0.3) is 0 Å². The number of imidazole rings is 1. The van der Waals surface area contributed by atoms with Crippen molar-refractivity contribution >= 4 is 37.0 Å². The Morgan fingerprint density at radius 2 is 1.35 bits per heavy atom. The predicted molar refractivity (Wildman–Crippen MR) is 172 cm³/mol. The first-order valence-corrected chi connectivity index (χ1v) is 14.4. The van der Waals surface area contributed by atoms with Gasteiger partial charge in [0.05, 0.1) is 18.5 Å². The zero-order valence-corrected chi connectivity index (χ0v) is 26.3. The molecule has 0 saturated heterocycles. The third-order valence-electron chi connectivity index (χ3n) is 6.65. The molecule has 0 aliphatic heterocycles. The van der Waals surface area contributed by atoms with Crippen LogP contribution in [0.2, 0.25) is 0 Å². The minimum absolute atomic E-state index is 0.273. The summed E-state index contributed by atoms with van der Waals surface area (Å²) in [4.78, 5) is 6.64.